The van der Waals surface area contributed by atoms with Gasteiger partial charge in [0.1, 0.15) is 13.2 Å². The minimum atomic E-state index is -3.69. The van der Waals surface area contributed by atoms with Crippen LogP contribution in [-0.4, -0.2) is 39.9 Å². The van der Waals surface area contributed by atoms with Gasteiger partial charge < -0.3 is 9.47 Å². The normalized spacial score (nSPS) is 11.4. The van der Waals surface area contributed by atoms with E-state index < -0.39 is 22.5 Å². The van der Waals surface area contributed by atoms with Gasteiger partial charge in [-0.15, -0.1) is 0 Å². The number of carbonyl (C=O) groups excluding carboxylic acids is 1. The predicted octanol–water partition coefficient (Wildman–Crippen LogP) is 4.85. The first-order valence-corrected chi connectivity index (χ1v) is 13.8. The Morgan fingerprint density at radius 3 is 2.51 bits per heavy atom. The lowest BCUT2D eigenvalue weighted by Crippen LogP contribution is -2.39. The van der Waals surface area contributed by atoms with Crippen LogP contribution < -0.4 is 19.2 Å². The Bertz CT molecular complexity index is 1390. The summed E-state index contributed by atoms with van der Waals surface area (Å²) < 4.78 is 37.5. The maximum Gasteiger partial charge on any atom is 0.260 e. The second kappa shape index (κ2) is 12.6. The summed E-state index contributed by atoms with van der Waals surface area (Å²) in [7, 11) is -3.69. The van der Waals surface area contributed by atoms with Gasteiger partial charge in [-0.1, -0.05) is 35.9 Å². The molecule has 3 aromatic rings. The molecule has 1 amide bonds. The van der Waals surface area contributed by atoms with E-state index in [0.29, 0.717) is 41.0 Å². The molecule has 0 atom stereocenters. The Balaban J connectivity index is 1.68. The van der Waals surface area contributed by atoms with Gasteiger partial charge in [-0.25, -0.2) is 13.8 Å². The molecule has 0 unspecified atom stereocenters. The first-order chi connectivity index (χ1) is 17.6. The molecule has 3 rings (SSSR count). The number of benzene rings is 3. The molecule has 0 fully saturated rings. The number of anilines is 1. The third-order valence-electron chi connectivity index (χ3n) is 5.49. The fourth-order valence-corrected chi connectivity index (χ4v) is 4.63. The molecule has 1 N–H and O–H groups in total. The summed E-state index contributed by atoms with van der Waals surface area (Å²) >= 11 is 6.04. The van der Waals surface area contributed by atoms with Gasteiger partial charge in [-0.3, -0.25) is 9.10 Å². The molecule has 0 radical (unpaired) electrons. The minimum Gasteiger partial charge on any atom is -0.490 e. The largest absolute Gasteiger partial charge is 0.490 e. The van der Waals surface area contributed by atoms with Gasteiger partial charge in [-0.2, -0.15) is 5.10 Å². The number of nitrogens with zero attached hydrogens (tertiary/aromatic N) is 2. The van der Waals surface area contributed by atoms with Crippen molar-refractivity contribution in [2.75, 3.05) is 23.7 Å². The second-order valence-electron chi connectivity index (χ2n) is 8.34. The molecule has 0 spiro atoms. The van der Waals surface area contributed by atoms with Crippen molar-refractivity contribution >= 4 is 39.4 Å². The van der Waals surface area contributed by atoms with Gasteiger partial charge in [0, 0.05) is 5.02 Å². The number of nitrogens with one attached hydrogen (secondary N) is 1. The van der Waals surface area contributed by atoms with E-state index in [2.05, 4.69) is 10.5 Å². The number of amides is 1. The summed E-state index contributed by atoms with van der Waals surface area (Å²) in [6.45, 7) is 5.92. The number of aryl methyl sites for hydroxylation is 1. The summed E-state index contributed by atoms with van der Waals surface area (Å²) in [6, 6.07) is 18.0. The average molecular weight is 544 g/mol. The number of halogens is 1. The van der Waals surface area contributed by atoms with Crippen molar-refractivity contribution in [2.24, 2.45) is 5.10 Å². The minimum absolute atomic E-state index is 0.321. The van der Waals surface area contributed by atoms with Crippen molar-refractivity contribution in [2.45, 2.75) is 27.4 Å². The van der Waals surface area contributed by atoms with Crippen LogP contribution in [0.25, 0.3) is 0 Å². The Labute approximate surface area is 222 Å². The second-order valence-corrected chi connectivity index (χ2v) is 10.7. The van der Waals surface area contributed by atoms with Crippen molar-refractivity contribution in [3.8, 4) is 11.5 Å². The molecular weight excluding hydrogens is 514 g/mol. The Hall–Kier alpha value is -3.56. The van der Waals surface area contributed by atoms with Crippen molar-refractivity contribution in [1.82, 2.24) is 5.43 Å². The molecule has 0 bridgehead atoms. The number of carbonyl (C=O) groups is 1. The van der Waals surface area contributed by atoms with Crippen LogP contribution in [0, 0.1) is 13.8 Å². The zero-order chi connectivity index (χ0) is 27.0. The summed E-state index contributed by atoms with van der Waals surface area (Å²) in [5.41, 5.74) is 6.14. The lowest BCUT2D eigenvalue weighted by Gasteiger charge is -2.23. The highest BCUT2D eigenvalue weighted by Crippen LogP contribution is 2.29. The van der Waals surface area contributed by atoms with Crippen LogP contribution in [0.2, 0.25) is 5.02 Å². The van der Waals surface area contributed by atoms with E-state index in [4.69, 9.17) is 21.1 Å². The fraction of sp³-hybridized carbons (Fsp3) is 0.259. The van der Waals surface area contributed by atoms with Gasteiger partial charge >= 0.3 is 0 Å². The molecule has 8 nitrogen and oxygen atoms in total. The number of hydrazone groups is 1. The summed E-state index contributed by atoms with van der Waals surface area (Å²) in [5, 5.41) is 4.62. The number of hydrogen-bond acceptors (Lipinski definition) is 6. The summed E-state index contributed by atoms with van der Waals surface area (Å²) in [5.74, 6) is 0.507. The van der Waals surface area contributed by atoms with Crippen LogP contribution >= 0.6 is 11.6 Å². The smallest absolute Gasteiger partial charge is 0.260 e. The summed E-state index contributed by atoms with van der Waals surface area (Å²) in [6.07, 6.45) is 2.51. The highest BCUT2D eigenvalue weighted by atomic mass is 35.5. The van der Waals surface area contributed by atoms with Crippen LogP contribution in [-0.2, 0) is 21.4 Å². The summed E-state index contributed by atoms with van der Waals surface area (Å²) in [4.78, 5) is 12.5. The Morgan fingerprint density at radius 1 is 1.05 bits per heavy atom. The van der Waals surface area contributed by atoms with Gasteiger partial charge in [0.15, 0.2) is 11.5 Å². The Kier molecular flexibility index (Phi) is 9.54. The van der Waals surface area contributed by atoms with E-state index in [1.807, 2.05) is 45.0 Å². The lowest BCUT2D eigenvalue weighted by atomic mass is 10.1. The molecule has 196 valence electrons. The number of rotatable bonds is 11. The van der Waals surface area contributed by atoms with Crippen LogP contribution in [0.5, 0.6) is 11.5 Å². The van der Waals surface area contributed by atoms with E-state index in [9.17, 15) is 13.2 Å². The van der Waals surface area contributed by atoms with E-state index in [0.717, 1.165) is 27.3 Å². The maximum absolute atomic E-state index is 12.5. The van der Waals surface area contributed by atoms with Crippen molar-refractivity contribution in [3.63, 3.8) is 0 Å². The molecule has 0 aliphatic rings. The van der Waals surface area contributed by atoms with Crippen LogP contribution in [0.4, 0.5) is 5.69 Å². The number of sulfonamides is 1. The molecule has 0 aliphatic heterocycles. The molecular formula is C27H30ClN3O5S. The van der Waals surface area contributed by atoms with E-state index in [-0.39, 0.29) is 0 Å². The first-order valence-electron chi connectivity index (χ1n) is 11.6. The molecule has 0 aromatic heterocycles. The molecule has 0 heterocycles. The topological polar surface area (TPSA) is 97.3 Å². The average Bonchev–Trinajstić information content (AvgIpc) is 2.83. The van der Waals surface area contributed by atoms with Crippen molar-refractivity contribution in [1.29, 1.82) is 0 Å². The van der Waals surface area contributed by atoms with Crippen LogP contribution in [0.15, 0.2) is 65.8 Å². The molecule has 10 heteroatoms. The van der Waals surface area contributed by atoms with Crippen LogP contribution in [0.3, 0.4) is 0 Å². The van der Waals surface area contributed by atoms with E-state index >= 15 is 0 Å². The molecule has 0 saturated heterocycles. The van der Waals surface area contributed by atoms with Crippen LogP contribution in [0.1, 0.15) is 29.2 Å². The third-order valence-corrected chi connectivity index (χ3v) is 6.85. The molecule has 0 aliphatic carbocycles. The monoisotopic (exact) mass is 543 g/mol. The van der Waals surface area contributed by atoms with Crippen molar-refractivity contribution in [3.05, 3.63) is 87.9 Å². The van der Waals surface area contributed by atoms with Gasteiger partial charge in [0.2, 0.25) is 10.0 Å². The zero-order valence-electron chi connectivity index (χ0n) is 21.2. The molecule has 37 heavy (non-hydrogen) atoms. The first kappa shape index (κ1) is 28.0. The fourth-order valence-electron chi connectivity index (χ4n) is 3.51. The number of hydrogen-bond donors (Lipinski definition) is 1. The van der Waals surface area contributed by atoms with Gasteiger partial charge in [0.25, 0.3) is 5.91 Å². The van der Waals surface area contributed by atoms with E-state index in [1.54, 1.807) is 36.4 Å². The molecule has 0 saturated carbocycles. The standard InChI is InChI=1S/C27H30ClN3O5S/c1-5-35-26-15-21(12-13-25(26)36-18-22-9-7-10-23(28)14-22)16-29-30-27(32)17-31(37(4,33)34)24-11-6-8-19(2)20(24)3/h6-16H,5,17-18H2,1-4H3,(H,30,32)/b29-16+. The highest BCUT2D eigenvalue weighted by molar-refractivity contribution is 7.92. The van der Waals surface area contributed by atoms with Gasteiger partial charge in [-0.05, 0) is 79.4 Å². The molecule has 3 aromatic carbocycles. The van der Waals surface area contributed by atoms with E-state index in [1.165, 1.54) is 6.21 Å². The SMILES string of the molecule is CCOc1cc(/C=N/NC(=O)CN(c2cccc(C)c2C)S(C)(=O)=O)ccc1OCc1cccc(Cl)c1. The lowest BCUT2D eigenvalue weighted by molar-refractivity contribution is -0.119. The third kappa shape index (κ3) is 7.96. The highest BCUT2D eigenvalue weighted by Gasteiger charge is 2.22. The number of ether oxygens (including phenoxy) is 2. The predicted molar refractivity (Wildman–Crippen MR) is 147 cm³/mol. The quantitative estimate of drug-likeness (QED) is 0.275. The maximum atomic E-state index is 12.5. The van der Waals surface area contributed by atoms with Gasteiger partial charge in [0.05, 0.1) is 24.8 Å². The zero-order valence-corrected chi connectivity index (χ0v) is 22.8. The van der Waals surface area contributed by atoms with Crippen molar-refractivity contribution < 1.29 is 22.7 Å². The Morgan fingerprint density at radius 2 is 1.81 bits per heavy atom.